The molecule has 0 aliphatic heterocycles. The molecule has 2 rings (SSSR count). The first-order chi connectivity index (χ1) is 8.41. The van der Waals surface area contributed by atoms with Crippen LogP contribution in [0.25, 0.3) is 0 Å². The third kappa shape index (κ3) is 2.27. The van der Waals surface area contributed by atoms with E-state index in [1.165, 1.54) is 12.1 Å². The molecule has 0 unspecified atom stereocenters. The number of aryl methyl sites for hydroxylation is 1. The van der Waals surface area contributed by atoms with Crippen LogP contribution in [0.4, 0.5) is 0 Å². The lowest BCUT2D eigenvalue weighted by Gasteiger charge is -2.03. The van der Waals surface area contributed by atoms with Crippen molar-refractivity contribution >= 4 is 22.1 Å². The molecule has 2 aromatic rings. The molecule has 18 heavy (non-hydrogen) atoms. The second kappa shape index (κ2) is 4.51. The molecule has 0 fully saturated rings. The lowest BCUT2D eigenvalue weighted by Crippen LogP contribution is -2.18. The minimum atomic E-state index is -3.82. The molecule has 0 amide bonds. The molecule has 5 nitrogen and oxygen atoms in total. The van der Waals surface area contributed by atoms with Crippen molar-refractivity contribution in [2.75, 3.05) is 0 Å². The van der Waals surface area contributed by atoms with Gasteiger partial charge in [-0.15, -0.1) is 0 Å². The van der Waals surface area contributed by atoms with E-state index in [1.54, 1.807) is 12.1 Å². The second-order valence-electron chi connectivity index (χ2n) is 3.75. The molecule has 0 saturated carbocycles. The molecule has 0 aliphatic carbocycles. The number of H-pyrrole nitrogens is 2. The third-order valence-electron chi connectivity index (χ3n) is 2.41. The zero-order chi connectivity index (χ0) is 13.3. The molecule has 1 aromatic heterocycles. The fraction of sp³-hybridized carbons (Fsp3) is 0.0909. The van der Waals surface area contributed by atoms with Crippen molar-refractivity contribution < 1.29 is 8.42 Å². The van der Waals surface area contributed by atoms with Gasteiger partial charge in [0.15, 0.2) is 9.67 Å². The van der Waals surface area contributed by atoms with E-state index in [9.17, 15) is 13.2 Å². The number of hydrogen-bond donors (Lipinski definition) is 2. The van der Waals surface area contributed by atoms with Gasteiger partial charge in [-0.3, -0.25) is 9.78 Å². The summed E-state index contributed by atoms with van der Waals surface area (Å²) < 4.78 is 24.5. The van der Waals surface area contributed by atoms with Crippen LogP contribution in [0.5, 0.6) is 0 Å². The van der Waals surface area contributed by atoms with Crippen molar-refractivity contribution in [2.24, 2.45) is 0 Å². The van der Waals surface area contributed by atoms with Gasteiger partial charge in [-0.25, -0.2) is 8.42 Å². The fourth-order valence-corrected chi connectivity index (χ4v) is 2.85. The van der Waals surface area contributed by atoms with Gasteiger partial charge in [-0.1, -0.05) is 17.7 Å². The van der Waals surface area contributed by atoms with Crippen LogP contribution in [0.2, 0.25) is 0 Å². The van der Waals surface area contributed by atoms with Crippen molar-refractivity contribution in [3.8, 4) is 0 Å². The highest BCUT2D eigenvalue weighted by Gasteiger charge is 2.21. The Morgan fingerprint density at radius 2 is 1.78 bits per heavy atom. The molecule has 2 N–H and O–H groups in total. The number of rotatable bonds is 2. The summed E-state index contributed by atoms with van der Waals surface area (Å²) in [5, 5.41) is 0. The molecule has 94 valence electrons. The Kier molecular flexibility index (Phi) is 3.18. The van der Waals surface area contributed by atoms with Gasteiger partial charge in [-0.05, 0) is 31.3 Å². The maximum atomic E-state index is 12.2. The zero-order valence-corrected chi connectivity index (χ0v) is 11.1. The summed E-state index contributed by atoms with van der Waals surface area (Å²) in [4.78, 5) is 16.1. The van der Waals surface area contributed by atoms with E-state index in [2.05, 4.69) is 9.97 Å². The van der Waals surface area contributed by atoms with Gasteiger partial charge in [0.05, 0.1) is 4.90 Å². The standard InChI is InChI=1S/C11H10N2O3S2/c1-7-2-4-8(5-3-7)18(15,16)9-6-12-11(17)13-10(9)14/h2-6H,1H3,(H2,12,13,14,17). The molecular weight excluding hydrogens is 272 g/mol. The summed E-state index contributed by atoms with van der Waals surface area (Å²) in [7, 11) is -3.82. The highest BCUT2D eigenvalue weighted by molar-refractivity contribution is 7.91. The van der Waals surface area contributed by atoms with E-state index in [0.717, 1.165) is 11.8 Å². The van der Waals surface area contributed by atoms with Gasteiger partial charge in [0.25, 0.3) is 5.56 Å². The monoisotopic (exact) mass is 282 g/mol. The first-order valence-electron chi connectivity index (χ1n) is 5.05. The van der Waals surface area contributed by atoms with E-state index in [0.29, 0.717) is 0 Å². The van der Waals surface area contributed by atoms with Crippen molar-refractivity contribution in [1.29, 1.82) is 0 Å². The van der Waals surface area contributed by atoms with Crippen molar-refractivity contribution in [2.45, 2.75) is 16.7 Å². The molecule has 0 aliphatic rings. The van der Waals surface area contributed by atoms with Crippen LogP contribution < -0.4 is 5.56 Å². The first-order valence-corrected chi connectivity index (χ1v) is 6.94. The highest BCUT2D eigenvalue weighted by Crippen LogP contribution is 2.17. The van der Waals surface area contributed by atoms with Crippen LogP contribution in [0.3, 0.4) is 0 Å². The average molecular weight is 282 g/mol. The van der Waals surface area contributed by atoms with Gasteiger partial charge in [0, 0.05) is 6.20 Å². The summed E-state index contributed by atoms with van der Waals surface area (Å²) in [5.74, 6) is 0. The van der Waals surface area contributed by atoms with Gasteiger partial charge in [-0.2, -0.15) is 0 Å². The van der Waals surface area contributed by atoms with Gasteiger partial charge in [0.2, 0.25) is 9.84 Å². The number of nitrogens with one attached hydrogen (secondary N) is 2. The Balaban J connectivity index is 2.65. The van der Waals surface area contributed by atoms with E-state index in [1.807, 2.05) is 6.92 Å². The first kappa shape index (κ1) is 12.7. The topological polar surface area (TPSA) is 82.8 Å². The SMILES string of the molecule is Cc1ccc(S(=O)(=O)c2c[nH]c(=S)[nH]c2=O)cc1. The summed E-state index contributed by atoms with van der Waals surface area (Å²) >= 11 is 4.71. The molecule has 0 saturated heterocycles. The third-order valence-corrected chi connectivity index (χ3v) is 4.40. The van der Waals surface area contributed by atoms with Crippen molar-refractivity contribution in [1.82, 2.24) is 9.97 Å². The van der Waals surface area contributed by atoms with Crippen LogP contribution in [0.15, 0.2) is 45.0 Å². The molecule has 1 aromatic carbocycles. The minimum Gasteiger partial charge on any atom is -0.337 e. The van der Waals surface area contributed by atoms with Gasteiger partial charge in [0.1, 0.15) is 0 Å². The molecule has 1 heterocycles. The summed E-state index contributed by atoms with van der Waals surface area (Å²) in [6.45, 7) is 1.85. The van der Waals surface area contributed by atoms with Crippen LogP contribution in [0, 0.1) is 11.7 Å². The number of sulfone groups is 1. The fourth-order valence-electron chi connectivity index (χ4n) is 1.44. The van der Waals surface area contributed by atoms with Crippen molar-refractivity contribution in [3.63, 3.8) is 0 Å². The van der Waals surface area contributed by atoms with E-state index in [-0.39, 0.29) is 14.6 Å². The molecule has 0 spiro atoms. The van der Waals surface area contributed by atoms with E-state index >= 15 is 0 Å². The van der Waals surface area contributed by atoms with Gasteiger partial charge < -0.3 is 4.98 Å². The lowest BCUT2D eigenvalue weighted by molar-refractivity contribution is 0.594. The van der Waals surface area contributed by atoms with Crippen LogP contribution in [-0.4, -0.2) is 18.4 Å². The normalized spacial score (nSPS) is 11.4. The largest absolute Gasteiger partial charge is 0.337 e. The van der Waals surface area contributed by atoms with E-state index in [4.69, 9.17) is 12.2 Å². The number of aromatic amines is 2. The summed E-state index contributed by atoms with van der Waals surface area (Å²) in [5.41, 5.74) is 0.217. The molecule has 0 bridgehead atoms. The molecule has 0 atom stereocenters. The molecular formula is C11H10N2O3S2. The summed E-state index contributed by atoms with van der Waals surface area (Å²) in [6, 6.07) is 6.27. The maximum absolute atomic E-state index is 12.2. The molecule has 7 heteroatoms. The highest BCUT2D eigenvalue weighted by atomic mass is 32.2. The van der Waals surface area contributed by atoms with Gasteiger partial charge >= 0.3 is 0 Å². The lowest BCUT2D eigenvalue weighted by atomic mass is 10.2. The quantitative estimate of drug-likeness (QED) is 0.819. The van der Waals surface area contributed by atoms with Crippen LogP contribution in [0.1, 0.15) is 5.56 Å². The Bertz CT molecular complexity index is 786. The predicted molar refractivity (Wildman–Crippen MR) is 68.9 cm³/mol. The Morgan fingerprint density at radius 1 is 1.17 bits per heavy atom. The Labute approximate surface area is 108 Å². The number of hydrogen-bond acceptors (Lipinski definition) is 4. The van der Waals surface area contributed by atoms with E-state index < -0.39 is 15.4 Å². The predicted octanol–water partition coefficient (Wildman–Crippen LogP) is 1.57. The average Bonchev–Trinajstić information content (AvgIpc) is 2.29. The number of aromatic nitrogens is 2. The smallest absolute Gasteiger partial charge is 0.270 e. The minimum absolute atomic E-state index is 0.0733. The summed E-state index contributed by atoms with van der Waals surface area (Å²) in [6.07, 6.45) is 1.11. The molecule has 0 radical (unpaired) electrons. The maximum Gasteiger partial charge on any atom is 0.270 e. The van der Waals surface area contributed by atoms with Crippen molar-refractivity contribution in [3.05, 3.63) is 51.2 Å². The number of benzene rings is 1. The Morgan fingerprint density at radius 3 is 2.33 bits per heavy atom. The zero-order valence-electron chi connectivity index (χ0n) is 9.43. The van der Waals surface area contributed by atoms with Crippen LogP contribution >= 0.6 is 12.2 Å². The Hall–Kier alpha value is -1.73. The second-order valence-corrected chi connectivity index (χ2v) is 6.08. The van der Waals surface area contributed by atoms with Crippen LogP contribution in [-0.2, 0) is 9.84 Å².